The second kappa shape index (κ2) is 9.39. The van der Waals surface area contributed by atoms with Crippen LogP contribution in [0, 0.1) is 0 Å². The maximum absolute atomic E-state index is 11.9. The Labute approximate surface area is 143 Å². The predicted molar refractivity (Wildman–Crippen MR) is 88.8 cm³/mol. The highest BCUT2D eigenvalue weighted by Crippen LogP contribution is 2.12. The average molecular weight is 355 g/mol. The Morgan fingerprint density at radius 3 is 2.50 bits per heavy atom. The fourth-order valence-electron chi connectivity index (χ4n) is 2.22. The van der Waals surface area contributed by atoms with Crippen LogP contribution in [0.25, 0.3) is 0 Å². The van der Waals surface area contributed by atoms with E-state index < -0.39 is 16.8 Å². The summed E-state index contributed by atoms with van der Waals surface area (Å²) < 4.78 is 22.6. The van der Waals surface area contributed by atoms with Crippen LogP contribution in [0.5, 0.6) is 5.75 Å². The van der Waals surface area contributed by atoms with E-state index in [1.54, 1.807) is 17.0 Å². The van der Waals surface area contributed by atoms with Gasteiger partial charge in [0.2, 0.25) is 5.91 Å². The van der Waals surface area contributed by atoms with Crippen LogP contribution in [0.4, 0.5) is 0 Å². The van der Waals surface area contributed by atoms with Gasteiger partial charge in [0.05, 0.1) is 25.4 Å². The normalized spacial score (nSPS) is 15.8. The van der Waals surface area contributed by atoms with Crippen molar-refractivity contribution >= 4 is 22.7 Å². The number of benzene rings is 1. The smallest absolute Gasteiger partial charge is 0.335 e. The number of hydrogen-bond donors (Lipinski definition) is 1. The van der Waals surface area contributed by atoms with E-state index in [0.29, 0.717) is 50.8 Å². The van der Waals surface area contributed by atoms with Crippen molar-refractivity contribution < 1.29 is 28.4 Å². The van der Waals surface area contributed by atoms with Gasteiger partial charge in [0.25, 0.3) is 0 Å². The Bertz CT molecular complexity index is 583. The summed E-state index contributed by atoms with van der Waals surface area (Å²) in [5.41, 5.74) is 0.199. The zero-order valence-electron chi connectivity index (χ0n) is 13.3. The molecule has 2 rings (SSSR count). The number of hydrogen-bond acceptors (Lipinski definition) is 5. The van der Waals surface area contributed by atoms with Crippen LogP contribution >= 0.6 is 0 Å². The van der Waals surface area contributed by atoms with E-state index in [2.05, 4.69) is 0 Å². The Morgan fingerprint density at radius 2 is 1.88 bits per heavy atom. The summed E-state index contributed by atoms with van der Waals surface area (Å²) in [5.74, 6) is -0.0878. The summed E-state index contributed by atoms with van der Waals surface area (Å²) in [6, 6.07) is 6.11. The van der Waals surface area contributed by atoms with Gasteiger partial charge in [-0.3, -0.25) is 9.00 Å². The zero-order valence-corrected chi connectivity index (χ0v) is 14.1. The quantitative estimate of drug-likeness (QED) is 0.692. The molecule has 24 heavy (non-hydrogen) atoms. The Kier molecular flexibility index (Phi) is 7.20. The minimum atomic E-state index is -1.21. The molecule has 1 amide bonds. The van der Waals surface area contributed by atoms with Crippen molar-refractivity contribution in [1.29, 1.82) is 0 Å². The first kappa shape index (κ1) is 18.4. The van der Waals surface area contributed by atoms with Gasteiger partial charge in [-0.2, -0.15) is 0 Å². The van der Waals surface area contributed by atoms with Crippen LogP contribution in [-0.2, 0) is 20.3 Å². The zero-order chi connectivity index (χ0) is 17.4. The molecule has 7 nitrogen and oxygen atoms in total. The highest BCUT2D eigenvalue weighted by molar-refractivity contribution is 7.85. The summed E-state index contributed by atoms with van der Waals surface area (Å²) in [6.45, 7) is 2.56. The lowest BCUT2D eigenvalue weighted by molar-refractivity contribution is -0.132. The van der Waals surface area contributed by atoms with Crippen LogP contribution in [-0.4, -0.2) is 70.5 Å². The van der Waals surface area contributed by atoms with Crippen LogP contribution < -0.4 is 4.74 Å². The predicted octanol–water partition coefficient (Wildman–Crippen LogP) is 0.761. The first-order valence-corrected chi connectivity index (χ1v) is 9.22. The molecular formula is C16H21NO6S. The molecule has 0 aliphatic carbocycles. The van der Waals surface area contributed by atoms with Gasteiger partial charge >= 0.3 is 5.97 Å². The van der Waals surface area contributed by atoms with Gasteiger partial charge in [0.1, 0.15) is 11.5 Å². The second-order valence-corrected chi connectivity index (χ2v) is 6.89. The van der Waals surface area contributed by atoms with Gasteiger partial charge in [-0.15, -0.1) is 0 Å². The van der Waals surface area contributed by atoms with E-state index in [1.165, 1.54) is 12.1 Å². The van der Waals surface area contributed by atoms with E-state index in [9.17, 15) is 13.8 Å². The van der Waals surface area contributed by atoms with E-state index in [0.717, 1.165) is 0 Å². The van der Waals surface area contributed by atoms with Crippen LogP contribution in [0.1, 0.15) is 16.8 Å². The Balaban J connectivity index is 1.63. The lowest BCUT2D eigenvalue weighted by Crippen LogP contribution is -2.42. The highest BCUT2D eigenvalue weighted by atomic mass is 32.2. The van der Waals surface area contributed by atoms with E-state index in [-0.39, 0.29) is 17.2 Å². The number of carboxylic acid groups (broad SMARTS) is 1. The van der Waals surface area contributed by atoms with Crippen molar-refractivity contribution in [3.05, 3.63) is 29.8 Å². The van der Waals surface area contributed by atoms with Crippen molar-refractivity contribution in [2.45, 2.75) is 6.42 Å². The lowest BCUT2D eigenvalue weighted by atomic mass is 10.2. The average Bonchev–Trinajstić information content (AvgIpc) is 2.60. The number of aromatic carboxylic acids is 1. The number of carbonyl (C=O) groups is 2. The molecule has 0 spiro atoms. The molecule has 1 aromatic rings. The summed E-state index contributed by atoms with van der Waals surface area (Å²) in [7, 11) is -1.21. The third-order valence-corrected chi connectivity index (χ3v) is 4.85. The first-order valence-electron chi connectivity index (χ1n) is 7.73. The van der Waals surface area contributed by atoms with Crippen molar-refractivity contribution in [3.63, 3.8) is 0 Å². The fourth-order valence-corrected chi connectivity index (χ4v) is 3.26. The SMILES string of the molecule is O=C(O)c1ccc(OCCCS(=O)CC(=O)N2CCOCC2)cc1. The van der Waals surface area contributed by atoms with E-state index >= 15 is 0 Å². The number of morpholine rings is 1. The van der Waals surface area contributed by atoms with Crippen molar-refractivity contribution in [3.8, 4) is 5.75 Å². The molecule has 1 aromatic carbocycles. The number of nitrogens with zero attached hydrogens (tertiary/aromatic N) is 1. The number of ether oxygens (including phenoxy) is 2. The number of carboxylic acids is 1. The molecule has 1 fully saturated rings. The van der Waals surface area contributed by atoms with Gasteiger partial charge in [-0.25, -0.2) is 4.79 Å². The minimum absolute atomic E-state index is 0.0350. The van der Waals surface area contributed by atoms with Gasteiger partial charge in [-0.05, 0) is 30.7 Å². The standard InChI is InChI=1S/C16H21NO6S/c18-15(17-6-9-22-10-7-17)12-24(21)11-1-8-23-14-4-2-13(3-5-14)16(19)20/h2-5H,1,6-12H2,(H,19,20). The van der Waals surface area contributed by atoms with Gasteiger partial charge < -0.3 is 19.5 Å². The summed E-state index contributed by atoms with van der Waals surface area (Å²) in [4.78, 5) is 24.4. The highest BCUT2D eigenvalue weighted by Gasteiger charge is 2.18. The molecule has 1 atom stereocenters. The van der Waals surface area contributed by atoms with Gasteiger partial charge in [0, 0.05) is 29.6 Å². The van der Waals surface area contributed by atoms with Crippen molar-refractivity contribution in [1.82, 2.24) is 4.90 Å². The largest absolute Gasteiger partial charge is 0.494 e. The second-order valence-electron chi connectivity index (χ2n) is 5.31. The summed E-state index contributed by atoms with van der Waals surface area (Å²) in [6.07, 6.45) is 0.559. The number of amides is 1. The van der Waals surface area contributed by atoms with Crippen molar-refractivity contribution in [2.24, 2.45) is 0 Å². The van der Waals surface area contributed by atoms with Crippen LogP contribution in [0.15, 0.2) is 24.3 Å². The molecule has 0 bridgehead atoms. The molecule has 1 heterocycles. The third-order valence-electron chi connectivity index (χ3n) is 3.53. The molecule has 1 N–H and O–H groups in total. The molecule has 1 unspecified atom stereocenters. The maximum atomic E-state index is 11.9. The molecule has 132 valence electrons. The molecule has 1 aliphatic rings. The van der Waals surface area contributed by atoms with Gasteiger partial charge in [0.15, 0.2) is 0 Å². The van der Waals surface area contributed by atoms with Gasteiger partial charge in [-0.1, -0.05) is 0 Å². The molecular weight excluding hydrogens is 334 g/mol. The molecule has 0 aromatic heterocycles. The summed E-state index contributed by atoms with van der Waals surface area (Å²) in [5, 5.41) is 8.80. The monoisotopic (exact) mass is 355 g/mol. The Morgan fingerprint density at radius 1 is 1.21 bits per heavy atom. The topological polar surface area (TPSA) is 93.1 Å². The number of rotatable bonds is 8. The van der Waals surface area contributed by atoms with E-state index in [1.807, 2.05) is 0 Å². The molecule has 0 saturated carbocycles. The van der Waals surface area contributed by atoms with Crippen LogP contribution in [0.2, 0.25) is 0 Å². The molecule has 8 heteroatoms. The molecule has 1 aliphatic heterocycles. The van der Waals surface area contributed by atoms with E-state index in [4.69, 9.17) is 14.6 Å². The van der Waals surface area contributed by atoms with Crippen molar-refractivity contribution in [2.75, 3.05) is 44.4 Å². The maximum Gasteiger partial charge on any atom is 0.335 e. The summed E-state index contributed by atoms with van der Waals surface area (Å²) >= 11 is 0. The molecule has 0 radical (unpaired) electrons. The fraction of sp³-hybridized carbons (Fsp3) is 0.500. The third kappa shape index (κ3) is 5.93. The lowest BCUT2D eigenvalue weighted by Gasteiger charge is -2.26. The first-order chi connectivity index (χ1) is 11.6. The molecule has 1 saturated heterocycles. The number of carbonyl (C=O) groups excluding carboxylic acids is 1. The minimum Gasteiger partial charge on any atom is -0.494 e. The van der Waals surface area contributed by atoms with Crippen LogP contribution in [0.3, 0.4) is 0 Å². The Hall–Kier alpha value is -1.93.